The highest BCUT2D eigenvalue weighted by Gasteiger charge is 2.20. The van der Waals surface area contributed by atoms with Crippen LogP contribution in [0.5, 0.6) is 0 Å². The Balaban J connectivity index is 1.32. The Labute approximate surface area is 317 Å². The van der Waals surface area contributed by atoms with Crippen molar-refractivity contribution < 1.29 is 0 Å². The molecule has 0 bridgehead atoms. The van der Waals surface area contributed by atoms with Gasteiger partial charge in [-0.25, -0.2) is 0 Å². The second-order valence-electron chi connectivity index (χ2n) is 13.0. The van der Waals surface area contributed by atoms with Crippen LogP contribution in [-0.2, 0) is 0 Å². The molecule has 0 radical (unpaired) electrons. The van der Waals surface area contributed by atoms with E-state index in [4.69, 9.17) is 0 Å². The van der Waals surface area contributed by atoms with Crippen molar-refractivity contribution in [3.8, 4) is 16.9 Å². The van der Waals surface area contributed by atoms with Crippen LogP contribution in [0.4, 0.5) is 28.4 Å². The van der Waals surface area contributed by atoms with Crippen LogP contribution in [0.2, 0.25) is 0 Å². The maximum absolute atomic E-state index is 4.58. The summed E-state index contributed by atoms with van der Waals surface area (Å²) in [6.07, 6.45) is 11.8. The summed E-state index contributed by atoms with van der Waals surface area (Å²) in [4.78, 5) is 6.91. The molecule has 260 valence electrons. The van der Waals surface area contributed by atoms with Gasteiger partial charge in [-0.15, -0.1) is 0 Å². The highest BCUT2D eigenvalue weighted by molar-refractivity contribution is 6.14. The van der Waals surface area contributed by atoms with E-state index in [2.05, 4.69) is 166 Å². The lowest BCUT2D eigenvalue weighted by atomic mass is 10.0. The maximum atomic E-state index is 4.58. The second-order valence-corrected chi connectivity index (χ2v) is 13.0. The van der Waals surface area contributed by atoms with E-state index in [0.29, 0.717) is 0 Å². The van der Waals surface area contributed by atoms with Gasteiger partial charge in [-0.3, -0.25) is 4.98 Å². The van der Waals surface area contributed by atoms with Crippen molar-refractivity contribution in [3.05, 3.63) is 213 Å². The van der Waals surface area contributed by atoms with Crippen molar-refractivity contribution in [3.63, 3.8) is 0 Å². The Morgan fingerprint density at radius 3 is 2.04 bits per heavy atom. The van der Waals surface area contributed by atoms with Gasteiger partial charge >= 0.3 is 0 Å². The zero-order valence-corrected chi connectivity index (χ0v) is 30.2. The lowest BCUT2D eigenvalue weighted by molar-refractivity contribution is 1.18. The fraction of sp³-hybridized carbons (Fsp3) is 0.0200. The number of para-hydroxylation sites is 2. The summed E-state index contributed by atoms with van der Waals surface area (Å²) in [6.45, 7) is 10.3. The molecule has 1 N–H and O–H groups in total. The molecule has 2 heterocycles. The third-order valence-electron chi connectivity index (χ3n) is 9.67. The lowest BCUT2D eigenvalue weighted by Crippen LogP contribution is -2.10. The predicted molar refractivity (Wildman–Crippen MR) is 231 cm³/mol. The van der Waals surface area contributed by atoms with E-state index in [0.717, 1.165) is 83.9 Å². The molecule has 0 spiro atoms. The Bertz CT molecular complexity index is 2630. The van der Waals surface area contributed by atoms with Crippen LogP contribution in [0.15, 0.2) is 201 Å². The van der Waals surface area contributed by atoms with Crippen LogP contribution < -0.4 is 10.2 Å². The van der Waals surface area contributed by atoms with Gasteiger partial charge in [-0.05, 0) is 103 Å². The number of pyridine rings is 1. The molecule has 6 aromatic carbocycles. The van der Waals surface area contributed by atoms with Crippen molar-refractivity contribution in [1.29, 1.82) is 0 Å². The monoisotopic (exact) mass is 696 g/mol. The van der Waals surface area contributed by atoms with Gasteiger partial charge in [0.25, 0.3) is 0 Å². The first-order valence-electron chi connectivity index (χ1n) is 18.2. The van der Waals surface area contributed by atoms with Gasteiger partial charge in [-0.2, -0.15) is 0 Å². The van der Waals surface area contributed by atoms with Crippen molar-refractivity contribution in [1.82, 2.24) is 9.55 Å². The van der Waals surface area contributed by atoms with Gasteiger partial charge in [0.1, 0.15) is 0 Å². The van der Waals surface area contributed by atoms with Gasteiger partial charge in [0.15, 0.2) is 0 Å². The lowest BCUT2D eigenvalue weighted by Gasteiger charge is -2.26. The molecule has 8 rings (SSSR count). The molecule has 8 aromatic rings. The minimum absolute atomic E-state index is 0.944. The molecular formula is C50H40N4. The van der Waals surface area contributed by atoms with Gasteiger partial charge in [0, 0.05) is 62.2 Å². The molecular weight excluding hydrogens is 657 g/mol. The van der Waals surface area contributed by atoms with Crippen LogP contribution in [0, 0.1) is 0 Å². The molecule has 0 aliphatic carbocycles. The minimum Gasteiger partial charge on any atom is -0.355 e. The number of allylic oxidation sites excluding steroid dienone is 5. The third kappa shape index (κ3) is 6.53. The number of fused-ring (bicyclic) bond motifs is 3. The van der Waals surface area contributed by atoms with Crippen molar-refractivity contribution in [2.75, 3.05) is 10.2 Å². The molecule has 0 aliphatic heterocycles. The minimum atomic E-state index is 0.944. The Hall–Kier alpha value is -7.17. The summed E-state index contributed by atoms with van der Waals surface area (Å²) >= 11 is 0. The van der Waals surface area contributed by atoms with Gasteiger partial charge in [-0.1, -0.05) is 116 Å². The van der Waals surface area contributed by atoms with E-state index < -0.39 is 0 Å². The van der Waals surface area contributed by atoms with Crippen LogP contribution in [0.3, 0.4) is 0 Å². The summed E-state index contributed by atoms with van der Waals surface area (Å²) in [5, 5.41) is 5.94. The first-order chi connectivity index (χ1) is 26.7. The van der Waals surface area contributed by atoms with Gasteiger partial charge in [0.2, 0.25) is 0 Å². The molecule has 0 fully saturated rings. The predicted octanol–water partition coefficient (Wildman–Crippen LogP) is 13.8. The van der Waals surface area contributed by atoms with Crippen LogP contribution in [0.1, 0.15) is 18.1 Å². The summed E-state index contributed by atoms with van der Waals surface area (Å²) < 4.78 is 2.36. The fourth-order valence-corrected chi connectivity index (χ4v) is 7.22. The van der Waals surface area contributed by atoms with E-state index >= 15 is 0 Å². The van der Waals surface area contributed by atoms with E-state index in [1.165, 1.54) is 0 Å². The first kappa shape index (κ1) is 33.9. The Morgan fingerprint density at radius 2 is 1.37 bits per heavy atom. The number of anilines is 5. The molecule has 0 amide bonds. The van der Waals surface area contributed by atoms with E-state index in [1.807, 2.05) is 67.7 Å². The Morgan fingerprint density at radius 1 is 0.685 bits per heavy atom. The zero-order valence-electron chi connectivity index (χ0n) is 30.2. The quantitative estimate of drug-likeness (QED) is 0.137. The van der Waals surface area contributed by atoms with Crippen molar-refractivity contribution in [2.45, 2.75) is 6.92 Å². The number of rotatable bonds is 11. The number of hydrogen-bond acceptors (Lipinski definition) is 3. The van der Waals surface area contributed by atoms with Gasteiger partial charge < -0.3 is 14.8 Å². The van der Waals surface area contributed by atoms with Crippen molar-refractivity contribution >= 4 is 61.9 Å². The Kier molecular flexibility index (Phi) is 9.56. The van der Waals surface area contributed by atoms with E-state index in [9.17, 15) is 0 Å². The average Bonchev–Trinajstić information content (AvgIpc) is 3.56. The molecule has 0 atom stereocenters. The second kappa shape index (κ2) is 15.2. The van der Waals surface area contributed by atoms with Gasteiger partial charge in [0.05, 0.1) is 16.7 Å². The SMILES string of the molecule is C=C/C=C(\C=C/C)c1ccc(N(c2ccc(-c3ccccn3)cc2)c2ccc3c(c2)c2ccc(Nc4ccccc4)c(C=C)c2n3-c2ccccc2)cc1. The van der Waals surface area contributed by atoms with Crippen LogP contribution in [0.25, 0.3) is 50.4 Å². The molecule has 4 heteroatoms. The number of hydrogen-bond donors (Lipinski definition) is 1. The summed E-state index contributed by atoms with van der Waals surface area (Å²) in [6, 6.07) is 55.4. The first-order valence-corrected chi connectivity index (χ1v) is 18.2. The zero-order chi connectivity index (χ0) is 36.9. The van der Waals surface area contributed by atoms with E-state index in [-0.39, 0.29) is 0 Å². The summed E-state index contributed by atoms with van der Waals surface area (Å²) in [5.74, 6) is 0. The number of aromatic nitrogens is 2. The maximum Gasteiger partial charge on any atom is 0.0701 e. The highest BCUT2D eigenvalue weighted by atomic mass is 15.1. The topological polar surface area (TPSA) is 33.1 Å². The number of nitrogens with zero attached hydrogens (tertiary/aromatic N) is 3. The molecule has 0 saturated heterocycles. The largest absolute Gasteiger partial charge is 0.355 e. The third-order valence-corrected chi connectivity index (χ3v) is 9.67. The number of nitrogens with one attached hydrogen (secondary N) is 1. The summed E-state index contributed by atoms with van der Waals surface area (Å²) in [5.41, 5.74) is 13.8. The van der Waals surface area contributed by atoms with Crippen LogP contribution in [-0.4, -0.2) is 9.55 Å². The normalized spacial score (nSPS) is 11.6. The molecule has 0 aliphatic rings. The molecule has 0 saturated carbocycles. The summed E-state index contributed by atoms with van der Waals surface area (Å²) in [7, 11) is 0. The molecule has 2 aromatic heterocycles. The highest BCUT2D eigenvalue weighted by Crippen LogP contribution is 2.43. The molecule has 54 heavy (non-hydrogen) atoms. The van der Waals surface area contributed by atoms with Crippen LogP contribution >= 0.6 is 0 Å². The molecule has 0 unspecified atom stereocenters. The smallest absolute Gasteiger partial charge is 0.0701 e. The van der Waals surface area contributed by atoms with Crippen molar-refractivity contribution in [2.24, 2.45) is 0 Å². The average molecular weight is 697 g/mol. The standard InChI is InChI=1S/C50H40N4/c1-4-15-36(16-5-2)37-22-26-41(27-23-37)53(42-28-24-38(25-29-42)47-21-13-14-34-51-47)43-30-33-49-46(35-43)45-31-32-48(52-39-17-9-7-10-18-39)44(6-3)50(45)54(49)40-19-11-8-12-20-40/h4-35,52H,1,3H2,2H3/b16-5-,36-15+. The molecule has 4 nitrogen and oxygen atoms in total. The fourth-order valence-electron chi connectivity index (χ4n) is 7.22. The van der Waals surface area contributed by atoms with E-state index in [1.54, 1.807) is 0 Å². The number of benzene rings is 6.